The van der Waals surface area contributed by atoms with Gasteiger partial charge in [0.1, 0.15) is 0 Å². The summed E-state index contributed by atoms with van der Waals surface area (Å²) >= 11 is 6.08. The van der Waals surface area contributed by atoms with Gasteiger partial charge in [-0.25, -0.2) is 0 Å². The lowest BCUT2D eigenvalue weighted by Crippen LogP contribution is -2.48. The van der Waals surface area contributed by atoms with Gasteiger partial charge in [0.05, 0.1) is 5.50 Å². The molecule has 0 aromatic heterocycles. The molecule has 0 spiro atoms. The normalized spacial score (nSPS) is 20.4. The summed E-state index contributed by atoms with van der Waals surface area (Å²) in [7, 11) is 0. The molecule has 1 unspecified atom stereocenters. The second-order valence-corrected chi connectivity index (χ2v) is 5.32. The molecule has 1 aromatic carbocycles. The third-order valence-corrected chi connectivity index (χ3v) is 3.75. The van der Waals surface area contributed by atoms with E-state index in [1.807, 2.05) is 0 Å². The Morgan fingerprint density at radius 1 is 1.12 bits per heavy atom. The van der Waals surface area contributed by atoms with E-state index in [1.165, 1.54) is 5.56 Å². The van der Waals surface area contributed by atoms with Crippen LogP contribution < -0.4 is 0 Å². The smallest absolute Gasteiger partial charge is 0.0822 e. The molecule has 1 saturated heterocycles. The van der Waals surface area contributed by atoms with Crippen molar-refractivity contribution in [1.82, 2.24) is 9.80 Å². The van der Waals surface area contributed by atoms with E-state index in [4.69, 9.17) is 11.6 Å². The minimum atomic E-state index is 0.172. The lowest BCUT2D eigenvalue weighted by molar-refractivity contribution is 0.127. The maximum absolute atomic E-state index is 6.08. The lowest BCUT2D eigenvalue weighted by atomic mass is 10.1. The SMILES string of the molecule is CC(Cl)N1CCN(CCc2ccccc2)CC1. The van der Waals surface area contributed by atoms with Crippen LogP contribution in [0.2, 0.25) is 0 Å². The van der Waals surface area contributed by atoms with Gasteiger partial charge in [-0.3, -0.25) is 4.90 Å². The molecule has 0 N–H and O–H groups in total. The van der Waals surface area contributed by atoms with E-state index >= 15 is 0 Å². The molecule has 0 amide bonds. The molecule has 3 heteroatoms. The maximum Gasteiger partial charge on any atom is 0.0822 e. The van der Waals surface area contributed by atoms with Gasteiger partial charge in [0.25, 0.3) is 0 Å². The van der Waals surface area contributed by atoms with Crippen molar-refractivity contribution in [3.8, 4) is 0 Å². The zero-order valence-electron chi connectivity index (χ0n) is 10.5. The van der Waals surface area contributed by atoms with E-state index in [9.17, 15) is 0 Å². The first-order valence-corrected chi connectivity index (χ1v) is 6.84. The Labute approximate surface area is 109 Å². The van der Waals surface area contributed by atoms with Crippen LogP contribution >= 0.6 is 11.6 Å². The van der Waals surface area contributed by atoms with Crippen molar-refractivity contribution in [3.63, 3.8) is 0 Å². The number of benzene rings is 1. The van der Waals surface area contributed by atoms with Gasteiger partial charge in [-0.1, -0.05) is 30.3 Å². The highest BCUT2D eigenvalue weighted by Gasteiger charge is 2.19. The summed E-state index contributed by atoms with van der Waals surface area (Å²) in [5.74, 6) is 0. The van der Waals surface area contributed by atoms with Crippen molar-refractivity contribution in [2.45, 2.75) is 18.8 Å². The molecular weight excluding hydrogens is 232 g/mol. The van der Waals surface area contributed by atoms with Crippen LogP contribution in [0.15, 0.2) is 30.3 Å². The number of hydrogen-bond donors (Lipinski definition) is 0. The molecule has 1 aromatic rings. The molecular formula is C14H21ClN2. The Balaban J connectivity index is 1.72. The molecule has 2 rings (SSSR count). The Bertz CT molecular complexity index is 318. The predicted molar refractivity (Wildman–Crippen MR) is 73.5 cm³/mol. The number of rotatable bonds is 4. The highest BCUT2D eigenvalue weighted by Crippen LogP contribution is 2.09. The Morgan fingerprint density at radius 3 is 2.35 bits per heavy atom. The second kappa shape index (κ2) is 6.39. The van der Waals surface area contributed by atoms with E-state index in [0.29, 0.717) is 0 Å². The fourth-order valence-corrected chi connectivity index (χ4v) is 2.47. The highest BCUT2D eigenvalue weighted by molar-refractivity contribution is 6.20. The number of halogens is 1. The van der Waals surface area contributed by atoms with Crippen LogP contribution in [0, 0.1) is 0 Å². The van der Waals surface area contributed by atoms with Gasteiger partial charge in [-0.05, 0) is 18.9 Å². The first-order chi connectivity index (χ1) is 8.25. The predicted octanol–water partition coefficient (Wildman–Crippen LogP) is 2.43. The summed E-state index contributed by atoms with van der Waals surface area (Å²) in [6, 6.07) is 10.7. The minimum Gasteiger partial charge on any atom is -0.300 e. The molecule has 2 nitrogen and oxygen atoms in total. The summed E-state index contributed by atoms with van der Waals surface area (Å²) in [6.07, 6.45) is 1.15. The van der Waals surface area contributed by atoms with E-state index in [-0.39, 0.29) is 5.50 Å². The van der Waals surface area contributed by atoms with Gasteiger partial charge in [0, 0.05) is 32.7 Å². The minimum absolute atomic E-state index is 0.172. The zero-order valence-corrected chi connectivity index (χ0v) is 11.2. The fraction of sp³-hybridized carbons (Fsp3) is 0.571. The van der Waals surface area contributed by atoms with E-state index < -0.39 is 0 Å². The third kappa shape index (κ3) is 3.98. The molecule has 94 valence electrons. The van der Waals surface area contributed by atoms with Crippen LogP contribution in [0.1, 0.15) is 12.5 Å². The Hall–Kier alpha value is -0.570. The molecule has 0 saturated carbocycles. The van der Waals surface area contributed by atoms with Crippen molar-refractivity contribution >= 4 is 11.6 Å². The van der Waals surface area contributed by atoms with Crippen molar-refractivity contribution in [3.05, 3.63) is 35.9 Å². The van der Waals surface area contributed by atoms with E-state index in [1.54, 1.807) is 0 Å². The Kier molecular flexibility index (Phi) is 4.84. The highest BCUT2D eigenvalue weighted by atomic mass is 35.5. The summed E-state index contributed by atoms with van der Waals surface area (Å²) < 4.78 is 0. The maximum atomic E-state index is 6.08. The lowest BCUT2D eigenvalue weighted by Gasteiger charge is -2.36. The topological polar surface area (TPSA) is 6.48 Å². The number of nitrogens with zero attached hydrogens (tertiary/aromatic N) is 2. The number of alkyl halides is 1. The van der Waals surface area contributed by atoms with Gasteiger partial charge in [-0.15, -0.1) is 11.6 Å². The van der Waals surface area contributed by atoms with Crippen LogP contribution in [0.3, 0.4) is 0 Å². The molecule has 1 fully saturated rings. The van der Waals surface area contributed by atoms with Crippen molar-refractivity contribution < 1.29 is 0 Å². The van der Waals surface area contributed by atoms with Gasteiger partial charge >= 0.3 is 0 Å². The first kappa shape index (κ1) is 12.9. The summed E-state index contributed by atoms with van der Waals surface area (Å²) in [6.45, 7) is 7.70. The van der Waals surface area contributed by atoms with Gasteiger partial charge in [0.15, 0.2) is 0 Å². The molecule has 1 atom stereocenters. The second-order valence-electron chi connectivity index (χ2n) is 4.69. The van der Waals surface area contributed by atoms with Crippen molar-refractivity contribution in [2.24, 2.45) is 0 Å². The zero-order chi connectivity index (χ0) is 12.1. The first-order valence-electron chi connectivity index (χ1n) is 6.40. The van der Waals surface area contributed by atoms with Crippen molar-refractivity contribution in [2.75, 3.05) is 32.7 Å². The average Bonchev–Trinajstić information content (AvgIpc) is 2.38. The monoisotopic (exact) mass is 252 g/mol. The molecule has 1 heterocycles. The third-order valence-electron chi connectivity index (χ3n) is 3.47. The van der Waals surface area contributed by atoms with Crippen LogP contribution in [0.25, 0.3) is 0 Å². The van der Waals surface area contributed by atoms with Crippen LogP contribution in [0.5, 0.6) is 0 Å². The van der Waals surface area contributed by atoms with Crippen LogP contribution in [-0.4, -0.2) is 48.0 Å². The summed E-state index contributed by atoms with van der Waals surface area (Å²) in [5, 5.41) is 0. The summed E-state index contributed by atoms with van der Waals surface area (Å²) in [5.41, 5.74) is 1.60. The fourth-order valence-electron chi connectivity index (χ4n) is 2.27. The molecule has 17 heavy (non-hydrogen) atoms. The molecule has 1 aliphatic heterocycles. The molecule has 0 aliphatic carbocycles. The molecule has 1 aliphatic rings. The number of hydrogen-bond acceptors (Lipinski definition) is 2. The van der Waals surface area contributed by atoms with E-state index in [2.05, 4.69) is 47.1 Å². The van der Waals surface area contributed by atoms with Crippen LogP contribution in [-0.2, 0) is 6.42 Å². The van der Waals surface area contributed by atoms with Crippen LogP contribution in [0.4, 0.5) is 0 Å². The van der Waals surface area contributed by atoms with Gasteiger partial charge < -0.3 is 4.90 Å². The standard InChI is InChI=1S/C14H21ClN2/c1-13(15)17-11-9-16(10-12-17)8-7-14-5-3-2-4-6-14/h2-6,13H,7-12H2,1H3. The molecule has 0 bridgehead atoms. The summed E-state index contributed by atoms with van der Waals surface area (Å²) in [4.78, 5) is 4.86. The molecule has 0 radical (unpaired) electrons. The van der Waals surface area contributed by atoms with Crippen molar-refractivity contribution in [1.29, 1.82) is 0 Å². The Morgan fingerprint density at radius 2 is 1.76 bits per heavy atom. The van der Waals surface area contributed by atoms with Gasteiger partial charge in [0.2, 0.25) is 0 Å². The average molecular weight is 253 g/mol. The quantitative estimate of drug-likeness (QED) is 0.600. The number of piperazine rings is 1. The van der Waals surface area contributed by atoms with Gasteiger partial charge in [-0.2, -0.15) is 0 Å². The largest absolute Gasteiger partial charge is 0.300 e. The van der Waals surface area contributed by atoms with E-state index in [0.717, 1.165) is 39.1 Å².